The molecule has 2 N–H and O–H groups in total. The van der Waals surface area contributed by atoms with Crippen molar-refractivity contribution in [1.82, 2.24) is 4.98 Å². The highest BCUT2D eigenvalue weighted by molar-refractivity contribution is 7.13. The Hall–Kier alpha value is -1.10. The third-order valence-electron chi connectivity index (χ3n) is 3.94. The quantitative estimate of drug-likeness (QED) is 0.861. The summed E-state index contributed by atoms with van der Waals surface area (Å²) in [5.74, 6) is 0.648. The molecule has 5 heteroatoms. The number of aliphatic carboxylic acids is 1. The second-order valence-corrected chi connectivity index (χ2v) is 5.93. The predicted molar refractivity (Wildman–Crippen MR) is 73.0 cm³/mol. The summed E-state index contributed by atoms with van der Waals surface area (Å²) in [6, 6.07) is 0.485. The number of aromatic nitrogens is 1. The minimum absolute atomic E-state index is 0.00991. The summed E-state index contributed by atoms with van der Waals surface area (Å²) in [4.78, 5) is 14.9. The Labute approximate surface area is 111 Å². The molecule has 0 amide bonds. The maximum atomic E-state index is 10.6. The summed E-state index contributed by atoms with van der Waals surface area (Å²) in [5, 5.41) is 14.9. The van der Waals surface area contributed by atoms with Gasteiger partial charge in [0.05, 0.1) is 12.1 Å². The van der Waals surface area contributed by atoms with Crippen molar-refractivity contribution in [2.75, 3.05) is 5.32 Å². The van der Waals surface area contributed by atoms with E-state index in [2.05, 4.69) is 24.1 Å². The van der Waals surface area contributed by atoms with Crippen LogP contribution in [0.25, 0.3) is 0 Å². The minimum Gasteiger partial charge on any atom is -0.481 e. The third-order valence-corrected chi connectivity index (χ3v) is 4.77. The van der Waals surface area contributed by atoms with E-state index in [4.69, 9.17) is 5.11 Å². The molecule has 2 rings (SSSR count). The summed E-state index contributed by atoms with van der Waals surface area (Å²) >= 11 is 1.50. The zero-order chi connectivity index (χ0) is 13.1. The molecule has 0 aromatic carbocycles. The number of thiazole rings is 1. The molecule has 100 valence electrons. The van der Waals surface area contributed by atoms with Crippen LogP contribution in [-0.4, -0.2) is 22.1 Å². The average molecular weight is 268 g/mol. The minimum atomic E-state index is -0.827. The maximum absolute atomic E-state index is 10.6. The standard InChI is InChI=1S/C13H20N2O2S/c1-3-9-4-5-11(8(9)2)15-13-14-10(7-18-13)6-12(16)17/h7-9,11H,3-6H2,1-2H3,(H,14,15)(H,16,17). The normalized spacial score (nSPS) is 27.3. The average Bonchev–Trinajstić information content (AvgIpc) is 2.87. The fraction of sp³-hybridized carbons (Fsp3) is 0.692. The fourth-order valence-electron chi connectivity index (χ4n) is 2.80. The summed E-state index contributed by atoms with van der Waals surface area (Å²) in [6.07, 6.45) is 3.72. The van der Waals surface area contributed by atoms with Crippen molar-refractivity contribution in [1.29, 1.82) is 0 Å². The molecule has 3 unspecified atom stereocenters. The van der Waals surface area contributed by atoms with Gasteiger partial charge in [0.2, 0.25) is 0 Å². The van der Waals surface area contributed by atoms with Crippen LogP contribution in [0.1, 0.15) is 38.8 Å². The molecule has 1 aromatic rings. The van der Waals surface area contributed by atoms with Gasteiger partial charge in [-0.1, -0.05) is 20.3 Å². The highest BCUT2D eigenvalue weighted by Gasteiger charge is 2.31. The van der Waals surface area contributed by atoms with Crippen LogP contribution >= 0.6 is 11.3 Å². The molecule has 0 saturated heterocycles. The van der Waals surface area contributed by atoms with E-state index in [1.165, 1.54) is 30.6 Å². The first-order valence-corrected chi connectivity index (χ1v) is 7.40. The number of anilines is 1. The van der Waals surface area contributed by atoms with E-state index in [1.807, 2.05) is 5.38 Å². The van der Waals surface area contributed by atoms with E-state index in [-0.39, 0.29) is 6.42 Å². The Morgan fingerprint density at radius 3 is 3.00 bits per heavy atom. The zero-order valence-corrected chi connectivity index (χ0v) is 11.7. The van der Waals surface area contributed by atoms with Crippen molar-refractivity contribution < 1.29 is 9.90 Å². The van der Waals surface area contributed by atoms with E-state index in [1.54, 1.807) is 0 Å². The van der Waals surface area contributed by atoms with E-state index in [0.717, 1.165) is 11.0 Å². The van der Waals surface area contributed by atoms with Crippen LogP contribution in [0.15, 0.2) is 5.38 Å². The predicted octanol–water partition coefficient (Wildman–Crippen LogP) is 3.01. The molecule has 1 heterocycles. The summed E-state index contributed by atoms with van der Waals surface area (Å²) < 4.78 is 0. The molecular weight excluding hydrogens is 248 g/mol. The van der Waals surface area contributed by atoms with Gasteiger partial charge in [-0.15, -0.1) is 11.3 Å². The van der Waals surface area contributed by atoms with Crippen LogP contribution < -0.4 is 5.32 Å². The Bertz CT molecular complexity index is 419. The Morgan fingerprint density at radius 1 is 1.61 bits per heavy atom. The number of nitrogens with one attached hydrogen (secondary N) is 1. The van der Waals surface area contributed by atoms with Crippen LogP contribution in [0.2, 0.25) is 0 Å². The first-order valence-electron chi connectivity index (χ1n) is 6.53. The summed E-state index contributed by atoms with van der Waals surface area (Å²) in [6.45, 7) is 4.54. The van der Waals surface area contributed by atoms with Crippen molar-refractivity contribution in [2.45, 2.75) is 45.6 Å². The molecule has 1 aliphatic carbocycles. The molecule has 0 radical (unpaired) electrons. The SMILES string of the molecule is CCC1CCC(Nc2nc(CC(=O)O)cs2)C1C. The van der Waals surface area contributed by atoms with Crippen LogP contribution in [0.4, 0.5) is 5.13 Å². The van der Waals surface area contributed by atoms with Gasteiger partial charge in [-0.3, -0.25) is 4.79 Å². The first-order chi connectivity index (χ1) is 8.60. The number of carboxylic acid groups (broad SMARTS) is 1. The van der Waals surface area contributed by atoms with Gasteiger partial charge in [0.15, 0.2) is 5.13 Å². The van der Waals surface area contributed by atoms with E-state index >= 15 is 0 Å². The molecule has 3 atom stereocenters. The molecule has 1 fully saturated rings. The number of hydrogen-bond acceptors (Lipinski definition) is 4. The highest BCUT2D eigenvalue weighted by atomic mass is 32.1. The van der Waals surface area contributed by atoms with E-state index in [9.17, 15) is 4.79 Å². The maximum Gasteiger partial charge on any atom is 0.309 e. The lowest BCUT2D eigenvalue weighted by molar-refractivity contribution is -0.136. The second kappa shape index (κ2) is 5.69. The largest absolute Gasteiger partial charge is 0.481 e. The van der Waals surface area contributed by atoms with Crippen molar-refractivity contribution in [2.24, 2.45) is 11.8 Å². The van der Waals surface area contributed by atoms with Gasteiger partial charge in [-0.25, -0.2) is 4.98 Å². The summed E-state index contributed by atoms with van der Waals surface area (Å²) in [7, 11) is 0. The number of carboxylic acids is 1. The smallest absolute Gasteiger partial charge is 0.309 e. The Kier molecular flexibility index (Phi) is 4.22. The number of hydrogen-bond donors (Lipinski definition) is 2. The molecule has 1 aromatic heterocycles. The van der Waals surface area contributed by atoms with Gasteiger partial charge in [0.1, 0.15) is 0 Å². The topological polar surface area (TPSA) is 62.2 Å². The highest BCUT2D eigenvalue weighted by Crippen LogP contribution is 2.36. The molecule has 1 saturated carbocycles. The molecular formula is C13H20N2O2S. The lowest BCUT2D eigenvalue weighted by Crippen LogP contribution is -2.24. The second-order valence-electron chi connectivity index (χ2n) is 5.07. The molecule has 0 bridgehead atoms. The van der Waals surface area contributed by atoms with Gasteiger partial charge in [0, 0.05) is 11.4 Å². The van der Waals surface area contributed by atoms with Gasteiger partial charge in [0.25, 0.3) is 0 Å². The lowest BCUT2D eigenvalue weighted by atomic mass is 9.94. The van der Waals surface area contributed by atoms with Crippen LogP contribution in [-0.2, 0) is 11.2 Å². The van der Waals surface area contributed by atoms with Crippen molar-refractivity contribution >= 4 is 22.4 Å². The molecule has 18 heavy (non-hydrogen) atoms. The molecule has 0 aliphatic heterocycles. The number of rotatable bonds is 5. The third kappa shape index (κ3) is 3.02. The fourth-order valence-corrected chi connectivity index (χ4v) is 3.57. The van der Waals surface area contributed by atoms with Gasteiger partial charge in [-0.2, -0.15) is 0 Å². The first kappa shape index (κ1) is 13.3. The molecule has 0 spiro atoms. The van der Waals surface area contributed by atoms with Crippen molar-refractivity contribution in [3.05, 3.63) is 11.1 Å². The Morgan fingerprint density at radius 2 is 2.39 bits per heavy atom. The molecule has 1 aliphatic rings. The molecule has 4 nitrogen and oxygen atoms in total. The van der Waals surface area contributed by atoms with E-state index in [0.29, 0.717) is 17.7 Å². The van der Waals surface area contributed by atoms with E-state index < -0.39 is 5.97 Å². The summed E-state index contributed by atoms with van der Waals surface area (Å²) in [5.41, 5.74) is 0.646. The van der Waals surface area contributed by atoms with Crippen LogP contribution in [0.3, 0.4) is 0 Å². The van der Waals surface area contributed by atoms with Crippen LogP contribution in [0, 0.1) is 11.8 Å². The van der Waals surface area contributed by atoms with Crippen molar-refractivity contribution in [3.8, 4) is 0 Å². The van der Waals surface area contributed by atoms with Crippen molar-refractivity contribution in [3.63, 3.8) is 0 Å². The number of nitrogens with zero attached hydrogens (tertiary/aromatic N) is 1. The van der Waals surface area contributed by atoms with Gasteiger partial charge < -0.3 is 10.4 Å². The monoisotopic (exact) mass is 268 g/mol. The van der Waals surface area contributed by atoms with Crippen LogP contribution in [0.5, 0.6) is 0 Å². The Balaban J connectivity index is 1.93. The zero-order valence-electron chi connectivity index (χ0n) is 10.8. The number of carbonyl (C=O) groups is 1. The lowest BCUT2D eigenvalue weighted by Gasteiger charge is -2.20. The van der Waals surface area contributed by atoms with Gasteiger partial charge in [-0.05, 0) is 24.7 Å². The van der Waals surface area contributed by atoms with Gasteiger partial charge >= 0.3 is 5.97 Å².